The molecule has 1 N–H and O–H groups in total. The number of carbonyl (C=O) groups excluding carboxylic acids is 1. The first-order chi connectivity index (χ1) is 9.58. The summed E-state index contributed by atoms with van der Waals surface area (Å²) in [4.78, 5) is 11.5. The lowest BCUT2D eigenvalue weighted by atomic mass is 10.1. The van der Waals surface area contributed by atoms with Gasteiger partial charge in [-0.1, -0.05) is 32.0 Å². The molecule has 0 saturated carbocycles. The van der Waals surface area contributed by atoms with Gasteiger partial charge in [0.1, 0.15) is 5.75 Å². The summed E-state index contributed by atoms with van der Waals surface area (Å²) in [6.45, 7) is 8.51. The number of para-hydroxylation sites is 1. The van der Waals surface area contributed by atoms with Crippen LogP contribution in [0.15, 0.2) is 18.2 Å². The molecule has 1 aromatic carbocycles. The van der Waals surface area contributed by atoms with Crippen molar-refractivity contribution in [1.29, 1.82) is 0 Å². The van der Waals surface area contributed by atoms with E-state index in [-0.39, 0.29) is 5.97 Å². The SMILES string of the molecule is Cc1cccc(CNCC(C)C)c1OC1CCOC1=O. The number of ether oxygens (including phenoxy) is 2. The minimum Gasteiger partial charge on any atom is -0.478 e. The summed E-state index contributed by atoms with van der Waals surface area (Å²) < 4.78 is 10.8. The largest absolute Gasteiger partial charge is 0.478 e. The monoisotopic (exact) mass is 277 g/mol. The molecule has 110 valence electrons. The Bertz CT molecular complexity index is 471. The molecule has 1 heterocycles. The number of aryl methyl sites for hydroxylation is 1. The zero-order valence-electron chi connectivity index (χ0n) is 12.4. The molecular formula is C16H23NO3. The van der Waals surface area contributed by atoms with Crippen LogP contribution >= 0.6 is 0 Å². The van der Waals surface area contributed by atoms with Crippen LogP contribution in [0, 0.1) is 12.8 Å². The fourth-order valence-electron chi connectivity index (χ4n) is 2.24. The summed E-state index contributed by atoms with van der Waals surface area (Å²) in [6, 6.07) is 6.05. The van der Waals surface area contributed by atoms with E-state index in [1.54, 1.807) is 0 Å². The molecule has 1 unspecified atom stereocenters. The van der Waals surface area contributed by atoms with Crippen LogP contribution in [0.3, 0.4) is 0 Å². The van der Waals surface area contributed by atoms with Gasteiger partial charge in [0.05, 0.1) is 6.61 Å². The lowest BCUT2D eigenvalue weighted by Crippen LogP contribution is -2.24. The Kier molecular flexibility index (Phi) is 5.01. The van der Waals surface area contributed by atoms with Crippen molar-refractivity contribution >= 4 is 5.97 Å². The fourth-order valence-corrected chi connectivity index (χ4v) is 2.24. The molecule has 1 aromatic rings. The molecule has 4 heteroatoms. The molecule has 0 aromatic heterocycles. The number of benzene rings is 1. The Hall–Kier alpha value is -1.55. The lowest BCUT2D eigenvalue weighted by Gasteiger charge is -2.17. The molecule has 0 radical (unpaired) electrons. The van der Waals surface area contributed by atoms with Crippen molar-refractivity contribution in [2.45, 2.75) is 39.8 Å². The van der Waals surface area contributed by atoms with Crippen molar-refractivity contribution in [1.82, 2.24) is 5.32 Å². The molecule has 0 spiro atoms. The third-order valence-electron chi connectivity index (χ3n) is 3.31. The standard InChI is InChI=1S/C16H23NO3/c1-11(2)9-17-10-13-6-4-5-12(3)15(13)20-14-7-8-19-16(14)18/h4-6,11,14,17H,7-10H2,1-3H3. The molecule has 0 amide bonds. The van der Waals surface area contributed by atoms with Gasteiger partial charge in [0.15, 0.2) is 6.10 Å². The van der Waals surface area contributed by atoms with Crippen molar-refractivity contribution < 1.29 is 14.3 Å². The quantitative estimate of drug-likeness (QED) is 0.811. The summed E-state index contributed by atoms with van der Waals surface area (Å²) >= 11 is 0. The molecule has 1 saturated heterocycles. The van der Waals surface area contributed by atoms with Crippen LogP contribution in [-0.2, 0) is 16.1 Å². The summed E-state index contributed by atoms with van der Waals surface area (Å²) in [5.74, 6) is 1.16. The van der Waals surface area contributed by atoms with Gasteiger partial charge < -0.3 is 14.8 Å². The first-order valence-electron chi connectivity index (χ1n) is 7.20. The Morgan fingerprint density at radius 2 is 2.25 bits per heavy atom. The zero-order chi connectivity index (χ0) is 14.5. The van der Waals surface area contributed by atoms with E-state index in [1.165, 1.54) is 0 Å². The highest BCUT2D eigenvalue weighted by atomic mass is 16.6. The molecular weight excluding hydrogens is 254 g/mol. The van der Waals surface area contributed by atoms with Gasteiger partial charge in [0.2, 0.25) is 0 Å². The first kappa shape index (κ1) is 14.9. The van der Waals surface area contributed by atoms with E-state index < -0.39 is 6.10 Å². The predicted octanol–water partition coefficient (Wildman–Crippen LogP) is 2.43. The van der Waals surface area contributed by atoms with E-state index in [0.29, 0.717) is 18.9 Å². The summed E-state index contributed by atoms with van der Waals surface area (Å²) in [5, 5.41) is 3.41. The van der Waals surface area contributed by atoms with Crippen LogP contribution in [0.4, 0.5) is 0 Å². The number of hydrogen-bond donors (Lipinski definition) is 1. The average molecular weight is 277 g/mol. The van der Waals surface area contributed by atoms with Gasteiger partial charge in [-0.3, -0.25) is 0 Å². The topological polar surface area (TPSA) is 47.6 Å². The smallest absolute Gasteiger partial charge is 0.347 e. The molecule has 0 aliphatic carbocycles. The molecule has 1 fully saturated rings. The summed E-state index contributed by atoms with van der Waals surface area (Å²) in [6.07, 6.45) is 0.173. The highest BCUT2D eigenvalue weighted by Crippen LogP contribution is 2.26. The van der Waals surface area contributed by atoms with Gasteiger partial charge in [0, 0.05) is 18.5 Å². The number of esters is 1. The molecule has 1 atom stereocenters. The van der Waals surface area contributed by atoms with Gasteiger partial charge in [-0.25, -0.2) is 4.79 Å². The minimum absolute atomic E-state index is 0.255. The molecule has 4 nitrogen and oxygen atoms in total. The Balaban J connectivity index is 2.07. The molecule has 0 bridgehead atoms. The van der Waals surface area contributed by atoms with Crippen molar-refractivity contribution in [3.8, 4) is 5.75 Å². The van der Waals surface area contributed by atoms with Crippen LogP contribution in [0.25, 0.3) is 0 Å². The number of hydrogen-bond acceptors (Lipinski definition) is 4. The Morgan fingerprint density at radius 3 is 2.90 bits per heavy atom. The van der Waals surface area contributed by atoms with E-state index in [1.807, 2.05) is 25.1 Å². The number of nitrogens with one attached hydrogen (secondary N) is 1. The van der Waals surface area contributed by atoms with Crippen LogP contribution < -0.4 is 10.1 Å². The van der Waals surface area contributed by atoms with E-state index >= 15 is 0 Å². The van der Waals surface area contributed by atoms with Crippen LogP contribution in [-0.4, -0.2) is 25.2 Å². The zero-order valence-corrected chi connectivity index (χ0v) is 12.4. The highest BCUT2D eigenvalue weighted by molar-refractivity contribution is 5.77. The van der Waals surface area contributed by atoms with Crippen molar-refractivity contribution in [3.05, 3.63) is 29.3 Å². The minimum atomic E-state index is -0.458. The predicted molar refractivity (Wildman–Crippen MR) is 77.7 cm³/mol. The normalized spacial score (nSPS) is 18.4. The van der Waals surface area contributed by atoms with E-state index in [2.05, 4.69) is 19.2 Å². The van der Waals surface area contributed by atoms with Crippen molar-refractivity contribution in [2.24, 2.45) is 5.92 Å². The number of cyclic esters (lactones) is 1. The number of rotatable bonds is 6. The van der Waals surface area contributed by atoms with Crippen molar-refractivity contribution in [2.75, 3.05) is 13.2 Å². The Morgan fingerprint density at radius 1 is 1.45 bits per heavy atom. The van der Waals surface area contributed by atoms with E-state index in [4.69, 9.17) is 9.47 Å². The van der Waals surface area contributed by atoms with Crippen LogP contribution in [0.2, 0.25) is 0 Å². The lowest BCUT2D eigenvalue weighted by molar-refractivity contribution is -0.143. The maximum atomic E-state index is 11.5. The van der Waals surface area contributed by atoms with Gasteiger partial charge in [-0.2, -0.15) is 0 Å². The fraction of sp³-hybridized carbons (Fsp3) is 0.562. The summed E-state index contributed by atoms with van der Waals surface area (Å²) in [7, 11) is 0. The van der Waals surface area contributed by atoms with Crippen LogP contribution in [0.1, 0.15) is 31.4 Å². The summed E-state index contributed by atoms with van der Waals surface area (Å²) in [5.41, 5.74) is 2.14. The van der Waals surface area contributed by atoms with E-state index in [9.17, 15) is 4.79 Å². The van der Waals surface area contributed by atoms with E-state index in [0.717, 1.165) is 30.0 Å². The number of carbonyl (C=O) groups is 1. The maximum absolute atomic E-state index is 11.5. The maximum Gasteiger partial charge on any atom is 0.347 e. The molecule has 1 aliphatic rings. The third kappa shape index (κ3) is 3.73. The van der Waals surface area contributed by atoms with Gasteiger partial charge in [-0.05, 0) is 24.9 Å². The third-order valence-corrected chi connectivity index (χ3v) is 3.31. The first-order valence-corrected chi connectivity index (χ1v) is 7.20. The Labute approximate surface area is 120 Å². The van der Waals surface area contributed by atoms with Crippen molar-refractivity contribution in [3.63, 3.8) is 0 Å². The van der Waals surface area contributed by atoms with Crippen LogP contribution in [0.5, 0.6) is 5.75 Å². The molecule has 1 aliphatic heterocycles. The second kappa shape index (κ2) is 6.75. The molecule has 20 heavy (non-hydrogen) atoms. The second-order valence-corrected chi connectivity index (χ2v) is 5.65. The molecule has 2 rings (SSSR count). The average Bonchev–Trinajstić information content (AvgIpc) is 2.78. The van der Waals surface area contributed by atoms with Gasteiger partial charge >= 0.3 is 5.97 Å². The van der Waals surface area contributed by atoms with Gasteiger partial charge in [-0.15, -0.1) is 0 Å². The van der Waals surface area contributed by atoms with Gasteiger partial charge in [0.25, 0.3) is 0 Å². The highest BCUT2D eigenvalue weighted by Gasteiger charge is 2.29. The second-order valence-electron chi connectivity index (χ2n) is 5.65.